The van der Waals surface area contributed by atoms with Crippen LogP contribution in [0.25, 0.3) is 11.1 Å². The van der Waals surface area contributed by atoms with Crippen LogP contribution in [0.3, 0.4) is 0 Å². The fourth-order valence-corrected chi connectivity index (χ4v) is 4.81. The van der Waals surface area contributed by atoms with E-state index in [0.29, 0.717) is 19.4 Å². The second-order valence-corrected chi connectivity index (χ2v) is 9.20. The maximum Gasteiger partial charge on any atom is 0.222 e. The largest absolute Gasteiger partial charge is 0.338 e. The van der Waals surface area contributed by atoms with Crippen LogP contribution in [0.5, 0.6) is 0 Å². The number of carbonyl (C=O) groups is 1. The van der Waals surface area contributed by atoms with E-state index >= 15 is 0 Å². The fraction of sp³-hybridized carbons (Fsp3) is 0.409. The second-order valence-electron chi connectivity index (χ2n) is 7.42. The van der Waals surface area contributed by atoms with Gasteiger partial charge in [0.15, 0.2) is 0 Å². The van der Waals surface area contributed by atoms with E-state index in [0.717, 1.165) is 29.5 Å². The number of hydrogen-bond acceptors (Lipinski definition) is 3. The highest BCUT2D eigenvalue weighted by Gasteiger charge is 2.35. The molecule has 1 aliphatic rings. The molecule has 0 aromatic heterocycles. The van der Waals surface area contributed by atoms with E-state index in [9.17, 15) is 13.2 Å². The van der Waals surface area contributed by atoms with Gasteiger partial charge in [-0.15, -0.1) is 0 Å². The molecule has 1 aliphatic heterocycles. The predicted octanol–water partition coefficient (Wildman–Crippen LogP) is 3.21. The van der Waals surface area contributed by atoms with Gasteiger partial charge < -0.3 is 4.90 Å². The van der Waals surface area contributed by atoms with Crippen molar-refractivity contribution in [3.63, 3.8) is 0 Å². The highest BCUT2D eigenvalue weighted by molar-refractivity contribution is 7.88. The molecule has 0 saturated carbocycles. The van der Waals surface area contributed by atoms with E-state index in [1.165, 1.54) is 6.26 Å². The number of amides is 1. The van der Waals surface area contributed by atoms with Gasteiger partial charge in [0.2, 0.25) is 15.9 Å². The summed E-state index contributed by atoms with van der Waals surface area (Å²) in [5.41, 5.74) is 3.36. The van der Waals surface area contributed by atoms with Gasteiger partial charge in [-0.2, -0.15) is 0 Å². The number of likely N-dealkylation sites (tertiary alicyclic amines) is 1. The first kappa shape index (κ1) is 20.6. The van der Waals surface area contributed by atoms with Crippen molar-refractivity contribution in [3.8, 4) is 11.1 Å². The Balaban J connectivity index is 1.89. The van der Waals surface area contributed by atoms with Crippen molar-refractivity contribution in [2.75, 3.05) is 12.8 Å². The molecular weight excluding hydrogens is 372 g/mol. The zero-order chi connectivity index (χ0) is 20.1. The lowest BCUT2D eigenvalue weighted by Gasteiger charge is -2.41. The Morgan fingerprint density at radius 3 is 2.50 bits per heavy atom. The number of nitrogens with one attached hydrogen (secondary N) is 1. The van der Waals surface area contributed by atoms with Crippen molar-refractivity contribution in [3.05, 3.63) is 60.2 Å². The van der Waals surface area contributed by atoms with Crippen LogP contribution in [0.1, 0.15) is 31.7 Å². The number of hydrogen-bond donors (Lipinski definition) is 1. The van der Waals surface area contributed by atoms with Crippen molar-refractivity contribution >= 4 is 15.9 Å². The van der Waals surface area contributed by atoms with E-state index < -0.39 is 10.0 Å². The van der Waals surface area contributed by atoms with Crippen LogP contribution >= 0.6 is 0 Å². The molecule has 0 radical (unpaired) electrons. The number of rotatable bonds is 6. The van der Waals surface area contributed by atoms with Crippen LogP contribution in [0, 0.1) is 0 Å². The SMILES string of the molecule is CCC(=O)N1CCC[C@@H](NS(C)(=O)=O)[C@H]1Cc1cccc(-c2ccccc2)c1. The molecule has 0 aliphatic carbocycles. The summed E-state index contributed by atoms with van der Waals surface area (Å²) in [6.07, 6.45) is 3.77. The lowest BCUT2D eigenvalue weighted by Crippen LogP contribution is -2.57. The third-order valence-corrected chi connectivity index (χ3v) is 5.98. The molecule has 1 saturated heterocycles. The first-order valence-corrected chi connectivity index (χ1v) is 11.7. The molecule has 3 rings (SSSR count). The molecule has 2 aromatic carbocycles. The molecule has 150 valence electrons. The van der Waals surface area contributed by atoms with Crippen molar-refractivity contribution in [1.29, 1.82) is 0 Å². The maximum atomic E-state index is 12.5. The van der Waals surface area contributed by atoms with Gasteiger partial charge in [-0.25, -0.2) is 13.1 Å². The number of sulfonamides is 1. The van der Waals surface area contributed by atoms with E-state index in [2.05, 4.69) is 29.0 Å². The van der Waals surface area contributed by atoms with E-state index in [4.69, 9.17) is 0 Å². The predicted molar refractivity (Wildman–Crippen MR) is 112 cm³/mol. The van der Waals surface area contributed by atoms with Crippen LogP contribution in [0.2, 0.25) is 0 Å². The zero-order valence-electron chi connectivity index (χ0n) is 16.5. The molecule has 5 nitrogen and oxygen atoms in total. The number of carbonyl (C=O) groups excluding carboxylic acids is 1. The highest BCUT2D eigenvalue weighted by atomic mass is 32.2. The summed E-state index contributed by atoms with van der Waals surface area (Å²) in [5, 5.41) is 0. The molecule has 1 N–H and O–H groups in total. The average molecular weight is 401 g/mol. The maximum absolute atomic E-state index is 12.5. The molecule has 1 heterocycles. The Morgan fingerprint density at radius 2 is 1.82 bits per heavy atom. The molecule has 1 fully saturated rings. The topological polar surface area (TPSA) is 66.5 Å². The van der Waals surface area contributed by atoms with Gasteiger partial charge in [0, 0.05) is 19.0 Å². The van der Waals surface area contributed by atoms with Gasteiger partial charge in [0.05, 0.1) is 12.3 Å². The van der Waals surface area contributed by atoms with Gasteiger partial charge in [-0.05, 0) is 36.0 Å². The van der Waals surface area contributed by atoms with Crippen LogP contribution in [-0.4, -0.2) is 44.1 Å². The first-order valence-electron chi connectivity index (χ1n) is 9.78. The molecule has 0 unspecified atom stereocenters. The lowest BCUT2D eigenvalue weighted by molar-refractivity contribution is -0.135. The first-order chi connectivity index (χ1) is 13.4. The third-order valence-electron chi connectivity index (χ3n) is 5.25. The molecule has 0 spiro atoms. The van der Waals surface area contributed by atoms with Gasteiger partial charge in [-0.3, -0.25) is 4.79 Å². The average Bonchev–Trinajstić information content (AvgIpc) is 2.68. The summed E-state index contributed by atoms with van der Waals surface area (Å²) in [6.45, 7) is 2.53. The Hall–Kier alpha value is -2.18. The summed E-state index contributed by atoms with van der Waals surface area (Å²) in [5.74, 6) is 0.0733. The fourth-order valence-electron chi connectivity index (χ4n) is 3.98. The van der Waals surface area contributed by atoms with Crippen LogP contribution in [0.15, 0.2) is 54.6 Å². The summed E-state index contributed by atoms with van der Waals surface area (Å²) in [4.78, 5) is 14.4. The Bertz CT molecular complexity index is 912. The van der Waals surface area contributed by atoms with E-state index in [1.54, 1.807) is 0 Å². The summed E-state index contributed by atoms with van der Waals surface area (Å²) < 4.78 is 26.5. The molecular formula is C22H28N2O3S. The quantitative estimate of drug-likeness (QED) is 0.810. The molecule has 0 bridgehead atoms. The minimum atomic E-state index is -3.34. The van der Waals surface area contributed by atoms with Crippen molar-refractivity contribution < 1.29 is 13.2 Å². The smallest absolute Gasteiger partial charge is 0.222 e. The number of benzene rings is 2. The minimum absolute atomic E-state index is 0.0733. The zero-order valence-corrected chi connectivity index (χ0v) is 17.3. The second kappa shape index (κ2) is 8.88. The monoisotopic (exact) mass is 400 g/mol. The van der Waals surface area contributed by atoms with Gasteiger partial charge in [0.25, 0.3) is 0 Å². The van der Waals surface area contributed by atoms with E-state index in [1.807, 2.05) is 42.2 Å². The van der Waals surface area contributed by atoms with E-state index in [-0.39, 0.29) is 18.0 Å². The molecule has 1 amide bonds. The molecule has 2 atom stereocenters. The molecule has 28 heavy (non-hydrogen) atoms. The van der Waals surface area contributed by atoms with Gasteiger partial charge in [0.1, 0.15) is 0 Å². The molecule has 6 heteroatoms. The summed E-state index contributed by atoms with van der Waals surface area (Å²) in [7, 11) is -3.34. The van der Waals surface area contributed by atoms with Crippen molar-refractivity contribution in [2.24, 2.45) is 0 Å². The minimum Gasteiger partial charge on any atom is -0.338 e. The number of piperidine rings is 1. The normalized spacial score (nSPS) is 20.1. The highest BCUT2D eigenvalue weighted by Crippen LogP contribution is 2.25. The van der Waals surface area contributed by atoms with Crippen LogP contribution < -0.4 is 4.72 Å². The van der Waals surface area contributed by atoms with Crippen molar-refractivity contribution in [1.82, 2.24) is 9.62 Å². The lowest BCUT2D eigenvalue weighted by atomic mass is 9.90. The Morgan fingerprint density at radius 1 is 1.11 bits per heavy atom. The molecule has 2 aromatic rings. The van der Waals surface area contributed by atoms with Crippen molar-refractivity contribution in [2.45, 2.75) is 44.7 Å². The summed E-state index contributed by atoms with van der Waals surface area (Å²) >= 11 is 0. The Labute approximate surface area is 167 Å². The van der Waals surface area contributed by atoms with Crippen LogP contribution in [-0.2, 0) is 21.2 Å². The number of nitrogens with zero attached hydrogens (tertiary/aromatic N) is 1. The third kappa shape index (κ3) is 5.20. The van der Waals surface area contributed by atoms with Crippen LogP contribution in [0.4, 0.5) is 0 Å². The van der Waals surface area contributed by atoms with Gasteiger partial charge in [-0.1, -0.05) is 61.5 Å². The van der Waals surface area contributed by atoms with Gasteiger partial charge >= 0.3 is 0 Å². The standard InChI is InChI=1S/C22H28N2O3S/c1-3-22(25)24-14-8-13-20(23-28(2,26)27)21(24)16-17-9-7-12-19(15-17)18-10-5-4-6-11-18/h4-7,9-12,15,20-21,23H,3,8,13-14,16H2,1-2H3/t20-,21-/m1/s1. The Kier molecular flexibility index (Phi) is 6.52. The summed E-state index contributed by atoms with van der Waals surface area (Å²) in [6, 6.07) is 18.0.